The molecule has 0 radical (unpaired) electrons. The SMILES string of the molecule is COc1ccc(C(=O)c2cccc(NC(=O)c3cc(C(C)(C)C)nn3C)c2)cc1OC. The lowest BCUT2D eigenvalue weighted by molar-refractivity contribution is 0.101. The predicted octanol–water partition coefficient (Wildman–Crippen LogP) is 4.22. The zero-order valence-corrected chi connectivity index (χ0v) is 18.6. The second kappa shape index (κ2) is 8.63. The van der Waals surface area contributed by atoms with Gasteiger partial charge in [-0.15, -0.1) is 0 Å². The molecule has 0 saturated heterocycles. The van der Waals surface area contributed by atoms with Crippen molar-refractivity contribution in [3.8, 4) is 11.5 Å². The summed E-state index contributed by atoms with van der Waals surface area (Å²) in [5.41, 5.74) is 2.55. The minimum absolute atomic E-state index is 0.165. The van der Waals surface area contributed by atoms with E-state index in [1.54, 1.807) is 60.3 Å². The van der Waals surface area contributed by atoms with Crippen molar-refractivity contribution in [2.24, 2.45) is 7.05 Å². The van der Waals surface area contributed by atoms with Crippen molar-refractivity contribution in [2.45, 2.75) is 26.2 Å². The molecule has 0 bridgehead atoms. The summed E-state index contributed by atoms with van der Waals surface area (Å²) in [6.45, 7) is 6.13. The van der Waals surface area contributed by atoms with Gasteiger partial charge in [-0.25, -0.2) is 0 Å². The predicted molar refractivity (Wildman–Crippen MR) is 119 cm³/mol. The van der Waals surface area contributed by atoms with Gasteiger partial charge in [-0.1, -0.05) is 32.9 Å². The van der Waals surface area contributed by atoms with E-state index in [0.29, 0.717) is 34.0 Å². The summed E-state index contributed by atoms with van der Waals surface area (Å²) >= 11 is 0. The fourth-order valence-corrected chi connectivity index (χ4v) is 3.12. The Morgan fingerprint density at radius 2 is 1.61 bits per heavy atom. The minimum Gasteiger partial charge on any atom is -0.493 e. The van der Waals surface area contributed by atoms with Crippen molar-refractivity contribution in [1.29, 1.82) is 0 Å². The molecular weight excluding hydrogens is 394 g/mol. The first-order valence-electron chi connectivity index (χ1n) is 9.86. The molecule has 7 nitrogen and oxygen atoms in total. The van der Waals surface area contributed by atoms with Gasteiger partial charge in [0, 0.05) is 29.3 Å². The summed E-state index contributed by atoms with van der Waals surface area (Å²) in [6, 6.07) is 13.6. The monoisotopic (exact) mass is 421 g/mol. The van der Waals surface area contributed by atoms with E-state index >= 15 is 0 Å². The maximum absolute atomic E-state index is 13.0. The molecule has 0 aliphatic carbocycles. The molecule has 0 unspecified atom stereocenters. The van der Waals surface area contributed by atoms with Crippen LogP contribution in [0.1, 0.15) is 52.9 Å². The summed E-state index contributed by atoms with van der Waals surface area (Å²) in [4.78, 5) is 25.8. The smallest absolute Gasteiger partial charge is 0.273 e. The van der Waals surface area contributed by atoms with Crippen LogP contribution in [-0.2, 0) is 12.5 Å². The zero-order valence-electron chi connectivity index (χ0n) is 18.6. The maximum atomic E-state index is 13.0. The van der Waals surface area contributed by atoms with Gasteiger partial charge in [0.1, 0.15) is 5.69 Å². The lowest BCUT2D eigenvalue weighted by atomic mass is 9.92. The highest BCUT2D eigenvalue weighted by molar-refractivity contribution is 6.10. The summed E-state index contributed by atoms with van der Waals surface area (Å²) in [5, 5.41) is 7.29. The minimum atomic E-state index is -0.291. The van der Waals surface area contributed by atoms with Crippen LogP contribution >= 0.6 is 0 Å². The molecule has 2 aromatic carbocycles. The molecule has 1 heterocycles. The van der Waals surface area contributed by atoms with Crippen LogP contribution in [0.3, 0.4) is 0 Å². The zero-order chi connectivity index (χ0) is 22.8. The van der Waals surface area contributed by atoms with Crippen molar-refractivity contribution in [1.82, 2.24) is 9.78 Å². The number of nitrogens with zero attached hydrogens (tertiary/aromatic N) is 2. The Labute approximate surface area is 182 Å². The number of aryl methyl sites for hydroxylation is 1. The molecule has 3 rings (SSSR count). The maximum Gasteiger partial charge on any atom is 0.273 e. The Morgan fingerprint density at radius 1 is 0.935 bits per heavy atom. The quantitative estimate of drug-likeness (QED) is 0.603. The number of carbonyl (C=O) groups excluding carboxylic acids is 2. The number of amides is 1. The summed E-state index contributed by atoms with van der Waals surface area (Å²) < 4.78 is 12.1. The number of methoxy groups -OCH3 is 2. The highest BCUT2D eigenvalue weighted by atomic mass is 16.5. The van der Waals surface area contributed by atoms with E-state index in [1.165, 1.54) is 14.2 Å². The highest BCUT2D eigenvalue weighted by Crippen LogP contribution is 2.29. The van der Waals surface area contributed by atoms with Gasteiger partial charge >= 0.3 is 0 Å². The number of carbonyl (C=O) groups is 2. The van der Waals surface area contributed by atoms with E-state index in [9.17, 15) is 9.59 Å². The van der Waals surface area contributed by atoms with Gasteiger partial charge in [0.2, 0.25) is 0 Å². The number of anilines is 1. The topological polar surface area (TPSA) is 82.5 Å². The molecule has 0 atom stereocenters. The van der Waals surface area contributed by atoms with Crippen molar-refractivity contribution >= 4 is 17.4 Å². The molecule has 0 fully saturated rings. The van der Waals surface area contributed by atoms with Crippen molar-refractivity contribution in [3.63, 3.8) is 0 Å². The molecule has 0 aliphatic rings. The average Bonchev–Trinajstić information content (AvgIpc) is 3.15. The van der Waals surface area contributed by atoms with E-state index in [0.717, 1.165) is 5.69 Å². The third kappa shape index (κ3) is 4.77. The number of hydrogen-bond donors (Lipinski definition) is 1. The van der Waals surface area contributed by atoms with Gasteiger partial charge < -0.3 is 14.8 Å². The first-order chi connectivity index (χ1) is 14.6. The van der Waals surface area contributed by atoms with E-state index in [1.807, 2.05) is 20.8 Å². The van der Waals surface area contributed by atoms with Gasteiger partial charge in [0.05, 0.1) is 19.9 Å². The van der Waals surface area contributed by atoms with E-state index in [2.05, 4.69) is 10.4 Å². The van der Waals surface area contributed by atoms with E-state index in [-0.39, 0.29) is 17.1 Å². The number of hydrogen-bond acceptors (Lipinski definition) is 5. The Balaban J connectivity index is 1.83. The Hall–Kier alpha value is -3.61. The molecule has 0 aliphatic heterocycles. The standard InChI is InChI=1S/C24H27N3O4/c1-24(2,3)21-14-18(27(4)26-21)23(29)25-17-9-7-8-15(12-17)22(28)16-10-11-19(30-5)20(13-16)31-6/h7-14H,1-6H3,(H,25,29). The summed E-state index contributed by atoms with van der Waals surface area (Å²) in [6.07, 6.45) is 0. The second-order valence-corrected chi connectivity index (χ2v) is 8.22. The fraction of sp³-hybridized carbons (Fsp3) is 0.292. The Morgan fingerprint density at radius 3 is 2.23 bits per heavy atom. The van der Waals surface area contributed by atoms with Crippen molar-refractivity contribution in [2.75, 3.05) is 19.5 Å². The number of ether oxygens (including phenoxy) is 2. The van der Waals surface area contributed by atoms with Gasteiger partial charge in [0.25, 0.3) is 5.91 Å². The summed E-state index contributed by atoms with van der Waals surface area (Å²) in [5.74, 6) is 0.545. The first-order valence-corrected chi connectivity index (χ1v) is 9.86. The van der Waals surface area contributed by atoms with Crippen LogP contribution in [-0.4, -0.2) is 35.7 Å². The lowest BCUT2D eigenvalue weighted by Gasteiger charge is -2.13. The molecule has 1 amide bonds. The molecule has 0 spiro atoms. The number of nitrogens with one attached hydrogen (secondary N) is 1. The van der Waals surface area contributed by atoms with Gasteiger partial charge in [-0.3, -0.25) is 14.3 Å². The van der Waals surface area contributed by atoms with Gasteiger partial charge in [-0.2, -0.15) is 5.10 Å². The van der Waals surface area contributed by atoms with Gasteiger partial charge in [-0.05, 0) is 36.4 Å². The van der Waals surface area contributed by atoms with Gasteiger partial charge in [0.15, 0.2) is 17.3 Å². The molecule has 31 heavy (non-hydrogen) atoms. The van der Waals surface area contributed by atoms with Crippen LogP contribution in [0.5, 0.6) is 11.5 Å². The van der Waals surface area contributed by atoms with Crippen LogP contribution in [0.4, 0.5) is 5.69 Å². The summed E-state index contributed by atoms with van der Waals surface area (Å²) in [7, 11) is 4.80. The van der Waals surface area contributed by atoms with Crippen molar-refractivity contribution < 1.29 is 19.1 Å². The Kier molecular flexibility index (Phi) is 6.15. The number of benzene rings is 2. The fourth-order valence-electron chi connectivity index (χ4n) is 3.12. The van der Waals surface area contributed by atoms with E-state index in [4.69, 9.17) is 9.47 Å². The third-order valence-electron chi connectivity index (χ3n) is 4.91. The average molecular weight is 421 g/mol. The van der Waals surface area contributed by atoms with E-state index < -0.39 is 0 Å². The number of ketones is 1. The van der Waals surface area contributed by atoms with Crippen LogP contribution in [0.25, 0.3) is 0 Å². The number of aromatic nitrogens is 2. The molecule has 1 aromatic heterocycles. The second-order valence-electron chi connectivity index (χ2n) is 8.22. The molecule has 7 heteroatoms. The molecular formula is C24H27N3O4. The van der Waals surface area contributed by atoms with Crippen LogP contribution in [0.15, 0.2) is 48.5 Å². The molecule has 0 saturated carbocycles. The largest absolute Gasteiger partial charge is 0.493 e. The normalized spacial score (nSPS) is 11.2. The van der Waals surface area contributed by atoms with Crippen LogP contribution < -0.4 is 14.8 Å². The van der Waals surface area contributed by atoms with Crippen LogP contribution in [0.2, 0.25) is 0 Å². The molecule has 3 aromatic rings. The lowest BCUT2D eigenvalue weighted by Crippen LogP contribution is -2.16. The number of rotatable bonds is 6. The third-order valence-corrected chi connectivity index (χ3v) is 4.91. The molecule has 1 N–H and O–H groups in total. The molecule has 162 valence electrons. The first kappa shape index (κ1) is 22.1. The Bertz CT molecular complexity index is 1130. The van der Waals surface area contributed by atoms with Crippen LogP contribution in [0, 0.1) is 0 Å². The highest BCUT2D eigenvalue weighted by Gasteiger charge is 2.22. The van der Waals surface area contributed by atoms with Crippen molar-refractivity contribution in [3.05, 3.63) is 71.0 Å².